The summed E-state index contributed by atoms with van der Waals surface area (Å²) in [5, 5.41) is 0.0140. The molecule has 0 aliphatic carbocycles. The summed E-state index contributed by atoms with van der Waals surface area (Å²) in [5.74, 6) is 0. The Morgan fingerprint density at radius 3 is 2.58 bits per heavy atom. The molecule has 2 N–H and O–H groups in total. The van der Waals surface area contributed by atoms with Gasteiger partial charge in [-0.2, -0.15) is 8.42 Å². The Morgan fingerprint density at radius 2 is 2.05 bits per heavy atom. The lowest BCUT2D eigenvalue weighted by Gasteiger charge is -2.22. The Kier molecular flexibility index (Phi) is 3.48. The minimum atomic E-state index is -3.68. The van der Waals surface area contributed by atoms with Crippen LogP contribution in [0.1, 0.15) is 6.92 Å². The van der Waals surface area contributed by atoms with E-state index in [4.69, 9.17) is 5.73 Å². The lowest BCUT2D eigenvalue weighted by atomic mass is 10.3. The van der Waals surface area contributed by atoms with E-state index in [1.165, 1.54) is 16.8 Å². The van der Waals surface area contributed by atoms with E-state index in [1.807, 2.05) is 0 Å². The van der Waals surface area contributed by atoms with Gasteiger partial charge < -0.3 is 10.3 Å². The summed E-state index contributed by atoms with van der Waals surface area (Å²) in [5.41, 5.74) is 6.73. The number of aromatic nitrogens is 2. The first-order valence-corrected chi connectivity index (χ1v) is 7.26. The standard InChI is InChI=1S/C12H16N4O2S/c1-3-16(11-7-5-4-6-10(11)13)19(17,18)12-8-15(2)9-14-12/h4-9H,3,13H2,1-2H3. The molecule has 0 unspecified atom stereocenters. The smallest absolute Gasteiger partial charge is 0.283 e. The molecule has 0 atom stereocenters. The van der Waals surface area contributed by atoms with Crippen molar-refractivity contribution in [3.05, 3.63) is 36.8 Å². The number of hydrogen-bond donors (Lipinski definition) is 1. The molecule has 0 bridgehead atoms. The Balaban J connectivity index is 2.51. The van der Waals surface area contributed by atoms with Crippen molar-refractivity contribution in [1.82, 2.24) is 9.55 Å². The van der Waals surface area contributed by atoms with E-state index in [2.05, 4.69) is 4.98 Å². The van der Waals surface area contributed by atoms with Crippen LogP contribution in [0, 0.1) is 0 Å². The number of imidazole rings is 1. The molecule has 0 saturated carbocycles. The quantitative estimate of drug-likeness (QED) is 0.854. The second kappa shape index (κ2) is 4.93. The first-order valence-electron chi connectivity index (χ1n) is 5.82. The number of benzene rings is 1. The second-order valence-electron chi connectivity index (χ2n) is 4.11. The summed E-state index contributed by atoms with van der Waals surface area (Å²) in [7, 11) is -1.96. The molecule has 0 amide bonds. The van der Waals surface area contributed by atoms with Crippen molar-refractivity contribution in [1.29, 1.82) is 0 Å². The Morgan fingerprint density at radius 1 is 1.37 bits per heavy atom. The molecular formula is C12H16N4O2S. The van der Waals surface area contributed by atoms with Crippen LogP contribution in [-0.2, 0) is 17.1 Å². The zero-order valence-corrected chi connectivity index (χ0v) is 11.6. The lowest BCUT2D eigenvalue weighted by molar-refractivity contribution is 0.588. The van der Waals surface area contributed by atoms with Crippen molar-refractivity contribution in [2.75, 3.05) is 16.6 Å². The highest BCUT2D eigenvalue weighted by molar-refractivity contribution is 7.92. The van der Waals surface area contributed by atoms with Gasteiger partial charge >= 0.3 is 0 Å². The third-order valence-electron chi connectivity index (χ3n) is 2.73. The van der Waals surface area contributed by atoms with Crippen molar-refractivity contribution in [3.8, 4) is 0 Å². The lowest BCUT2D eigenvalue weighted by Crippen LogP contribution is -2.31. The molecule has 0 saturated heterocycles. The van der Waals surface area contributed by atoms with Crippen LogP contribution in [0.2, 0.25) is 0 Å². The molecule has 102 valence electrons. The van der Waals surface area contributed by atoms with Gasteiger partial charge in [0.1, 0.15) is 0 Å². The molecule has 1 aromatic heterocycles. The van der Waals surface area contributed by atoms with E-state index in [-0.39, 0.29) is 11.6 Å². The maximum Gasteiger partial charge on any atom is 0.283 e. The fourth-order valence-electron chi connectivity index (χ4n) is 1.82. The minimum Gasteiger partial charge on any atom is -0.397 e. The van der Waals surface area contributed by atoms with E-state index >= 15 is 0 Å². The van der Waals surface area contributed by atoms with Crippen LogP contribution >= 0.6 is 0 Å². The van der Waals surface area contributed by atoms with Crippen LogP contribution in [0.4, 0.5) is 11.4 Å². The van der Waals surface area contributed by atoms with Crippen molar-refractivity contribution in [3.63, 3.8) is 0 Å². The molecule has 2 aromatic rings. The van der Waals surface area contributed by atoms with Crippen molar-refractivity contribution in [2.24, 2.45) is 7.05 Å². The number of aryl methyl sites for hydroxylation is 1. The van der Waals surface area contributed by atoms with Crippen LogP contribution in [0.25, 0.3) is 0 Å². The number of nitrogens with two attached hydrogens (primary N) is 1. The molecule has 0 radical (unpaired) electrons. The summed E-state index contributed by atoms with van der Waals surface area (Å²) < 4.78 is 27.9. The maximum absolute atomic E-state index is 12.5. The summed E-state index contributed by atoms with van der Waals surface area (Å²) in [4.78, 5) is 3.90. The predicted molar refractivity (Wildman–Crippen MR) is 74.3 cm³/mol. The number of rotatable bonds is 4. The van der Waals surface area contributed by atoms with E-state index in [9.17, 15) is 8.42 Å². The fourth-order valence-corrected chi connectivity index (χ4v) is 3.29. The van der Waals surface area contributed by atoms with Crippen LogP contribution in [0.15, 0.2) is 41.8 Å². The molecule has 1 aromatic carbocycles. The van der Waals surface area contributed by atoms with Gasteiger partial charge in [-0.3, -0.25) is 4.31 Å². The van der Waals surface area contributed by atoms with Gasteiger partial charge in [-0.05, 0) is 19.1 Å². The number of para-hydroxylation sites is 2. The van der Waals surface area contributed by atoms with Gasteiger partial charge in [0.2, 0.25) is 0 Å². The number of nitrogen functional groups attached to an aromatic ring is 1. The van der Waals surface area contributed by atoms with Crippen LogP contribution < -0.4 is 10.0 Å². The largest absolute Gasteiger partial charge is 0.397 e. The number of nitrogens with zero attached hydrogens (tertiary/aromatic N) is 3. The van der Waals surface area contributed by atoms with Gasteiger partial charge in [-0.15, -0.1) is 0 Å². The number of anilines is 2. The molecule has 0 spiro atoms. The first-order chi connectivity index (χ1) is 8.96. The normalized spacial score (nSPS) is 11.5. The van der Waals surface area contributed by atoms with E-state index < -0.39 is 10.0 Å². The zero-order chi connectivity index (χ0) is 14.0. The van der Waals surface area contributed by atoms with Gasteiger partial charge in [-0.25, -0.2) is 4.98 Å². The molecule has 7 heteroatoms. The van der Waals surface area contributed by atoms with Gasteiger partial charge in [0.25, 0.3) is 10.0 Å². The van der Waals surface area contributed by atoms with E-state index in [0.717, 1.165) is 0 Å². The maximum atomic E-state index is 12.5. The molecule has 2 rings (SSSR count). The zero-order valence-electron chi connectivity index (χ0n) is 10.8. The van der Waals surface area contributed by atoms with Crippen LogP contribution in [0.3, 0.4) is 0 Å². The van der Waals surface area contributed by atoms with Crippen molar-refractivity contribution < 1.29 is 8.42 Å². The summed E-state index contributed by atoms with van der Waals surface area (Å²) in [6.45, 7) is 2.04. The molecule has 0 fully saturated rings. The third kappa shape index (κ3) is 2.41. The third-order valence-corrected chi connectivity index (χ3v) is 4.50. The highest BCUT2D eigenvalue weighted by Crippen LogP contribution is 2.27. The van der Waals surface area contributed by atoms with Crippen LogP contribution in [-0.4, -0.2) is 24.5 Å². The van der Waals surface area contributed by atoms with E-state index in [0.29, 0.717) is 11.4 Å². The molecular weight excluding hydrogens is 264 g/mol. The predicted octanol–water partition coefficient (Wildman–Crippen LogP) is 1.22. The SMILES string of the molecule is CCN(c1ccccc1N)S(=O)(=O)c1cn(C)cn1. The van der Waals surface area contributed by atoms with Gasteiger partial charge in [-0.1, -0.05) is 12.1 Å². The van der Waals surface area contributed by atoms with Crippen molar-refractivity contribution >= 4 is 21.4 Å². The fraction of sp³-hybridized carbons (Fsp3) is 0.250. The molecule has 0 aliphatic heterocycles. The molecule has 19 heavy (non-hydrogen) atoms. The molecule has 0 aliphatic rings. The average molecular weight is 280 g/mol. The Hall–Kier alpha value is -2.02. The Labute approximate surface area is 112 Å². The number of sulfonamides is 1. The second-order valence-corrected chi connectivity index (χ2v) is 5.92. The summed E-state index contributed by atoms with van der Waals surface area (Å²) in [6, 6.07) is 6.87. The average Bonchev–Trinajstić information content (AvgIpc) is 2.80. The minimum absolute atomic E-state index is 0.0140. The monoisotopic (exact) mass is 280 g/mol. The summed E-state index contributed by atoms with van der Waals surface area (Å²) in [6.07, 6.45) is 2.92. The molecule has 1 heterocycles. The summed E-state index contributed by atoms with van der Waals surface area (Å²) >= 11 is 0. The Bertz CT molecular complexity index is 679. The van der Waals surface area contributed by atoms with Gasteiger partial charge in [0.15, 0.2) is 5.03 Å². The molecule has 6 nitrogen and oxygen atoms in total. The van der Waals surface area contributed by atoms with Crippen LogP contribution in [0.5, 0.6) is 0 Å². The topological polar surface area (TPSA) is 81.2 Å². The van der Waals surface area contributed by atoms with Gasteiger partial charge in [0, 0.05) is 19.8 Å². The highest BCUT2D eigenvalue weighted by Gasteiger charge is 2.26. The van der Waals surface area contributed by atoms with Crippen molar-refractivity contribution in [2.45, 2.75) is 11.9 Å². The number of hydrogen-bond acceptors (Lipinski definition) is 4. The van der Waals surface area contributed by atoms with Gasteiger partial charge in [0.05, 0.1) is 17.7 Å². The van der Waals surface area contributed by atoms with E-state index in [1.54, 1.807) is 42.8 Å². The highest BCUT2D eigenvalue weighted by atomic mass is 32.2. The first kappa shape index (κ1) is 13.4.